The molecule has 0 saturated heterocycles. The first-order chi connectivity index (χ1) is 8.40. The van der Waals surface area contributed by atoms with Crippen molar-refractivity contribution < 1.29 is 18.3 Å². The molecule has 1 fully saturated rings. The molecule has 0 heterocycles. The summed E-state index contributed by atoms with van der Waals surface area (Å²) in [5.41, 5.74) is 0.972. The van der Waals surface area contributed by atoms with Crippen molar-refractivity contribution in [2.24, 2.45) is 0 Å². The zero-order valence-electron chi connectivity index (χ0n) is 9.54. The first-order valence-corrected chi connectivity index (χ1v) is 6.01. The van der Waals surface area contributed by atoms with Crippen molar-refractivity contribution >= 4 is 17.3 Å². The third-order valence-electron chi connectivity index (χ3n) is 2.84. The molecule has 1 N–H and O–H groups in total. The van der Waals surface area contributed by atoms with E-state index in [1.807, 2.05) is 0 Å². The van der Waals surface area contributed by atoms with Gasteiger partial charge >= 0.3 is 6.18 Å². The quantitative estimate of drug-likeness (QED) is 0.913. The van der Waals surface area contributed by atoms with Crippen LogP contribution in [0.15, 0.2) is 18.2 Å². The van der Waals surface area contributed by atoms with Crippen LogP contribution in [0.1, 0.15) is 18.4 Å². The van der Waals surface area contributed by atoms with Crippen molar-refractivity contribution in [2.75, 3.05) is 11.4 Å². The minimum atomic E-state index is -4.25. The van der Waals surface area contributed by atoms with Gasteiger partial charge in [-0.3, -0.25) is 0 Å². The monoisotopic (exact) mass is 279 g/mol. The molecule has 1 aromatic rings. The van der Waals surface area contributed by atoms with E-state index in [0.29, 0.717) is 11.3 Å². The number of aliphatic hydroxyl groups excluding tert-OH is 1. The van der Waals surface area contributed by atoms with Crippen molar-refractivity contribution in [1.82, 2.24) is 0 Å². The van der Waals surface area contributed by atoms with Crippen molar-refractivity contribution in [2.45, 2.75) is 31.7 Å². The molecule has 0 atom stereocenters. The highest BCUT2D eigenvalue weighted by molar-refractivity contribution is 6.33. The lowest BCUT2D eigenvalue weighted by Gasteiger charge is -2.27. The molecule has 18 heavy (non-hydrogen) atoms. The van der Waals surface area contributed by atoms with Crippen LogP contribution < -0.4 is 4.90 Å². The van der Waals surface area contributed by atoms with Crippen LogP contribution >= 0.6 is 11.6 Å². The van der Waals surface area contributed by atoms with Crippen LogP contribution in [0.25, 0.3) is 0 Å². The Bertz CT molecular complexity index is 432. The van der Waals surface area contributed by atoms with Crippen LogP contribution in [0.4, 0.5) is 18.9 Å². The molecule has 2 rings (SSSR count). The van der Waals surface area contributed by atoms with Crippen LogP contribution in [0.2, 0.25) is 5.02 Å². The van der Waals surface area contributed by atoms with Crippen molar-refractivity contribution in [3.8, 4) is 0 Å². The van der Waals surface area contributed by atoms with E-state index < -0.39 is 12.7 Å². The average Bonchev–Trinajstić information content (AvgIpc) is 3.08. The van der Waals surface area contributed by atoms with Crippen LogP contribution in [-0.4, -0.2) is 23.9 Å². The highest BCUT2D eigenvalue weighted by Crippen LogP contribution is 2.38. The topological polar surface area (TPSA) is 23.5 Å². The highest BCUT2D eigenvalue weighted by atomic mass is 35.5. The molecule has 2 nitrogen and oxygen atoms in total. The molecular formula is C12H13ClF3NO. The van der Waals surface area contributed by atoms with Gasteiger partial charge in [0.25, 0.3) is 0 Å². The number of hydrogen-bond donors (Lipinski definition) is 1. The first-order valence-electron chi connectivity index (χ1n) is 5.63. The average molecular weight is 280 g/mol. The molecular weight excluding hydrogens is 267 g/mol. The Morgan fingerprint density at radius 2 is 2.00 bits per heavy atom. The number of anilines is 1. The summed E-state index contributed by atoms with van der Waals surface area (Å²) in [6, 6.07) is 4.55. The summed E-state index contributed by atoms with van der Waals surface area (Å²) in [5.74, 6) is 0. The van der Waals surface area contributed by atoms with Gasteiger partial charge in [0.05, 0.1) is 17.3 Å². The summed E-state index contributed by atoms with van der Waals surface area (Å²) < 4.78 is 37.6. The van der Waals surface area contributed by atoms with E-state index in [1.54, 1.807) is 6.07 Å². The molecule has 0 unspecified atom stereocenters. The second kappa shape index (κ2) is 4.97. The lowest BCUT2D eigenvalue weighted by atomic mass is 10.2. The van der Waals surface area contributed by atoms with Gasteiger partial charge in [-0.15, -0.1) is 0 Å². The number of nitrogens with zero attached hydrogens (tertiary/aromatic N) is 1. The fourth-order valence-electron chi connectivity index (χ4n) is 1.87. The Morgan fingerprint density at radius 1 is 1.33 bits per heavy atom. The summed E-state index contributed by atoms with van der Waals surface area (Å²) in [6.07, 6.45) is -2.73. The van der Waals surface area contributed by atoms with Gasteiger partial charge in [0.15, 0.2) is 0 Å². The maximum Gasteiger partial charge on any atom is 0.405 e. The van der Waals surface area contributed by atoms with E-state index in [-0.39, 0.29) is 17.7 Å². The Balaban J connectivity index is 2.25. The fourth-order valence-corrected chi connectivity index (χ4v) is 2.18. The fraction of sp³-hybridized carbons (Fsp3) is 0.500. The summed E-state index contributed by atoms with van der Waals surface area (Å²) in [6.45, 7) is -1.17. The van der Waals surface area contributed by atoms with Gasteiger partial charge in [-0.05, 0) is 30.5 Å². The summed E-state index contributed by atoms with van der Waals surface area (Å²) >= 11 is 5.98. The van der Waals surface area contributed by atoms with Gasteiger partial charge < -0.3 is 10.0 Å². The molecule has 100 valence electrons. The van der Waals surface area contributed by atoms with Crippen molar-refractivity contribution in [3.05, 3.63) is 28.8 Å². The Morgan fingerprint density at radius 3 is 2.44 bits per heavy atom. The third-order valence-corrected chi connectivity index (χ3v) is 3.14. The second-order valence-electron chi connectivity index (χ2n) is 4.42. The lowest BCUT2D eigenvalue weighted by Crippen LogP contribution is -2.36. The van der Waals surface area contributed by atoms with Crippen LogP contribution in [0.5, 0.6) is 0 Å². The van der Waals surface area contributed by atoms with E-state index in [2.05, 4.69) is 0 Å². The predicted molar refractivity (Wildman–Crippen MR) is 63.8 cm³/mol. The number of hydrogen-bond acceptors (Lipinski definition) is 2. The molecule has 1 saturated carbocycles. The minimum Gasteiger partial charge on any atom is -0.392 e. The lowest BCUT2D eigenvalue weighted by molar-refractivity contribution is -0.120. The van der Waals surface area contributed by atoms with E-state index in [0.717, 1.165) is 12.8 Å². The van der Waals surface area contributed by atoms with Gasteiger partial charge in [-0.2, -0.15) is 13.2 Å². The molecule has 0 spiro atoms. The summed E-state index contributed by atoms with van der Waals surface area (Å²) in [7, 11) is 0. The first kappa shape index (κ1) is 13.5. The van der Waals surface area contributed by atoms with E-state index in [4.69, 9.17) is 16.7 Å². The normalized spacial score (nSPS) is 15.8. The van der Waals surface area contributed by atoms with Crippen molar-refractivity contribution in [3.63, 3.8) is 0 Å². The van der Waals surface area contributed by atoms with E-state index in [1.165, 1.54) is 17.0 Å². The number of benzene rings is 1. The molecule has 0 radical (unpaired) electrons. The zero-order valence-corrected chi connectivity index (χ0v) is 10.3. The number of alkyl halides is 3. The largest absolute Gasteiger partial charge is 0.405 e. The predicted octanol–water partition coefficient (Wildman–Crippen LogP) is 3.36. The van der Waals surface area contributed by atoms with Crippen LogP contribution in [0, 0.1) is 0 Å². The van der Waals surface area contributed by atoms with Crippen LogP contribution in [0.3, 0.4) is 0 Å². The molecule has 0 aliphatic heterocycles. The molecule has 0 amide bonds. The Labute approximate surface area is 108 Å². The van der Waals surface area contributed by atoms with Gasteiger partial charge in [0.2, 0.25) is 0 Å². The molecule has 1 aliphatic carbocycles. The van der Waals surface area contributed by atoms with Gasteiger partial charge in [0.1, 0.15) is 6.54 Å². The van der Waals surface area contributed by atoms with Crippen LogP contribution in [-0.2, 0) is 6.61 Å². The minimum absolute atomic E-state index is 0.0795. The molecule has 0 bridgehead atoms. The number of halogens is 4. The van der Waals surface area contributed by atoms with E-state index in [9.17, 15) is 13.2 Å². The number of aliphatic hydroxyl groups is 1. The highest BCUT2D eigenvalue weighted by Gasteiger charge is 2.38. The van der Waals surface area contributed by atoms with E-state index >= 15 is 0 Å². The molecule has 1 aromatic carbocycles. The standard InChI is InChI=1S/C12H13ClF3NO/c13-10-5-8(6-18)1-4-11(10)17(9-2-3-9)7-12(14,15)16/h1,4-5,9,18H,2-3,6-7H2. The van der Waals surface area contributed by atoms with Gasteiger partial charge in [0, 0.05) is 6.04 Å². The zero-order chi connectivity index (χ0) is 13.3. The SMILES string of the molecule is OCc1ccc(N(CC(F)(F)F)C2CC2)c(Cl)c1. The summed E-state index contributed by atoms with van der Waals surface area (Å²) in [4.78, 5) is 1.30. The Kier molecular flexibility index (Phi) is 3.73. The van der Waals surface area contributed by atoms with Gasteiger partial charge in [-0.1, -0.05) is 17.7 Å². The third kappa shape index (κ3) is 3.29. The molecule has 1 aliphatic rings. The maximum atomic E-state index is 12.5. The summed E-state index contributed by atoms with van der Waals surface area (Å²) in [5, 5.41) is 9.20. The Hall–Kier alpha value is -0.940. The smallest absolute Gasteiger partial charge is 0.392 e. The molecule has 0 aromatic heterocycles. The number of rotatable bonds is 4. The molecule has 6 heteroatoms. The second-order valence-corrected chi connectivity index (χ2v) is 4.83. The maximum absolute atomic E-state index is 12.5. The van der Waals surface area contributed by atoms with Crippen molar-refractivity contribution in [1.29, 1.82) is 0 Å². The van der Waals surface area contributed by atoms with Gasteiger partial charge in [-0.25, -0.2) is 0 Å².